The second-order valence-electron chi connectivity index (χ2n) is 17.0. The van der Waals surface area contributed by atoms with Gasteiger partial charge in [0.1, 0.15) is 36.0 Å². The number of amides is 4. The Hall–Kier alpha value is -3.91. The van der Waals surface area contributed by atoms with E-state index in [9.17, 15) is 29.1 Å². The second kappa shape index (κ2) is 20.0. The van der Waals surface area contributed by atoms with Crippen LogP contribution in [-0.2, 0) is 35.1 Å². The van der Waals surface area contributed by atoms with Crippen molar-refractivity contribution in [3.63, 3.8) is 0 Å². The molecule has 0 aromatic heterocycles. The molecule has 0 spiro atoms. The first-order valence-corrected chi connectivity index (χ1v) is 20.6. The van der Waals surface area contributed by atoms with Crippen molar-refractivity contribution in [3.05, 3.63) is 41.5 Å². The number of aliphatic imine (C=N–C) groups is 1. The Labute approximate surface area is 337 Å². The number of rotatable bonds is 4. The molecule has 2 unspecified atom stereocenters. The molecular weight excluding hydrogens is 735 g/mol. The lowest BCUT2D eigenvalue weighted by Crippen LogP contribution is -2.58. The van der Waals surface area contributed by atoms with Crippen LogP contribution in [0.15, 0.2) is 40.9 Å². The molecule has 2 bridgehead atoms. The van der Waals surface area contributed by atoms with Crippen molar-refractivity contribution in [2.45, 2.75) is 131 Å². The zero-order chi connectivity index (χ0) is 42.2. The molecule has 0 aliphatic carbocycles. The third-order valence-corrected chi connectivity index (χ3v) is 12.2. The van der Waals surface area contributed by atoms with Crippen LogP contribution in [0.3, 0.4) is 0 Å². The van der Waals surface area contributed by atoms with E-state index in [-0.39, 0.29) is 30.2 Å². The van der Waals surface area contributed by atoms with Crippen molar-refractivity contribution in [1.82, 2.24) is 20.4 Å². The number of hydrogen-bond acceptors (Lipinski definition) is 10. The average molecular weight is 800 g/mol. The van der Waals surface area contributed by atoms with Crippen molar-refractivity contribution in [1.29, 1.82) is 0 Å². The van der Waals surface area contributed by atoms with Crippen molar-refractivity contribution < 1.29 is 38.6 Å². The molecule has 3 rings (SSSR count). The number of carbonyl (C=O) groups is 5. The smallest absolute Gasteiger partial charge is 0.328 e. The number of nitrogens with one attached hydrogen (secondary N) is 2. The number of methoxy groups -OCH3 is 1. The third kappa shape index (κ3) is 12.3. The molecule has 4 amide bonds. The zero-order valence-corrected chi connectivity index (χ0v) is 36.4. The normalized spacial score (nSPS) is 31.1. The molecule has 0 fully saturated rings. The van der Waals surface area contributed by atoms with E-state index < -0.39 is 71.4 Å². The van der Waals surface area contributed by atoms with Gasteiger partial charge in [-0.25, -0.2) is 4.79 Å². The van der Waals surface area contributed by atoms with Crippen molar-refractivity contribution in [2.24, 2.45) is 28.2 Å². The summed E-state index contributed by atoms with van der Waals surface area (Å²) >= 11 is 1.55. The third-order valence-electron chi connectivity index (χ3n) is 11.0. The highest BCUT2D eigenvalue weighted by Crippen LogP contribution is 2.33. The van der Waals surface area contributed by atoms with Gasteiger partial charge in [0.2, 0.25) is 23.6 Å². The summed E-state index contributed by atoms with van der Waals surface area (Å²) in [6.45, 7) is 18.3. The van der Waals surface area contributed by atoms with Crippen LogP contribution in [0.25, 0.3) is 0 Å². The van der Waals surface area contributed by atoms with Gasteiger partial charge in [0.05, 0.1) is 24.3 Å². The Bertz CT molecular complexity index is 1620. The molecular formula is C42H65N5O8S. The number of carbonyl (C=O) groups excluding carboxylic acids is 5. The van der Waals surface area contributed by atoms with E-state index in [1.54, 1.807) is 71.7 Å². The topological polar surface area (TPSA) is 167 Å². The summed E-state index contributed by atoms with van der Waals surface area (Å²) in [5.41, 5.74) is 0.718. The number of fused-ring (bicyclic) bond motifs is 1. The Balaban J connectivity index is 2.03. The van der Waals surface area contributed by atoms with Crippen LogP contribution in [0.4, 0.5) is 0 Å². The van der Waals surface area contributed by atoms with Crippen LogP contribution >= 0.6 is 11.8 Å². The van der Waals surface area contributed by atoms with Gasteiger partial charge in [0.25, 0.3) is 0 Å². The SMILES string of the molecule is COc1ccc(C[C@@H]2NC(=O)/C(C)=C/[C@H]3CSC(=N3)[C@@H](C)[C@@H](O)C[C@H](C)CC(C(C)(C)C)OC(=O)[C@H](C)N(C)C(=O)C(C(C)C)NC(=O)[C@H](C)N(C)C2=O)cc1. The first kappa shape index (κ1) is 46.5. The summed E-state index contributed by atoms with van der Waals surface area (Å²) in [5, 5.41) is 17.8. The lowest BCUT2D eigenvalue weighted by atomic mass is 9.81. The number of thioether (sulfide) groups is 1. The van der Waals surface area contributed by atoms with Gasteiger partial charge in [-0.3, -0.25) is 24.2 Å². The maximum absolute atomic E-state index is 14.2. The van der Waals surface area contributed by atoms with E-state index in [1.807, 2.05) is 46.8 Å². The quantitative estimate of drug-likeness (QED) is 0.375. The van der Waals surface area contributed by atoms with E-state index >= 15 is 0 Å². The Morgan fingerprint density at radius 2 is 1.55 bits per heavy atom. The van der Waals surface area contributed by atoms with Crippen LogP contribution in [0, 0.1) is 23.2 Å². The Kier molecular flexibility index (Phi) is 16.6. The number of benzene rings is 1. The standard InChI is InChI=1S/C42H65N5O8S/c1-23(2)35-40(52)47(12)28(7)41(53)55-34(42(8,9)10)19-24(3)18-33(48)26(5)38-43-30(22-56-38)20-25(4)36(49)44-32(21-29-14-16-31(54-13)17-15-29)39(51)46(11)27(6)37(50)45-35/h14-17,20,23-24,26-28,30,32-35,48H,18-19,21-22H2,1-13H3,(H,44,49)(H,45,50)/b25-20+/t24-,26-,27-,28-,30-,32-,33-,34?,35?/m0/s1. The van der Waals surface area contributed by atoms with E-state index in [1.165, 1.54) is 23.9 Å². The van der Waals surface area contributed by atoms with Gasteiger partial charge in [-0.05, 0) is 68.6 Å². The number of esters is 1. The van der Waals surface area contributed by atoms with E-state index in [0.29, 0.717) is 29.9 Å². The van der Waals surface area contributed by atoms with Gasteiger partial charge in [-0.1, -0.05) is 66.7 Å². The van der Waals surface area contributed by atoms with E-state index in [4.69, 9.17) is 14.5 Å². The molecule has 3 N–H and O–H groups in total. The number of likely N-dealkylation sites (N-methyl/N-ethyl adjacent to an activating group) is 2. The summed E-state index contributed by atoms with van der Waals surface area (Å²) in [6.07, 6.45) is 1.65. The first-order chi connectivity index (χ1) is 26.0. The van der Waals surface area contributed by atoms with Crippen molar-refractivity contribution in [3.8, 4) is 5.75 Å². The summed E-state index contributed by atoms with van der Waals surface area (Å²) in [7, 11) is 4.55. The van der Waals surface area contributed by atoms with Crippen LogP contribution in [0.5, 0.6) is 5.75 Å². The number of aliphatic hydroxyl groups is 1. The maximum atomic E-state index is 14.2. The molecule has 2 heterocycles. The predicted octanol–water partition coefficient (Wildman–Crippen LogP) is 4.40. The fourth-order valence-corrected chi connectivity index (χ4v) is 7.75. The Morgan fingerprint density at radius 3 is 2.12 bits per heavy atom. The average Bonchev–Trinajstić information content (AvgIpc) is 3.61. The number of cyclic esters (lactones) is 1. The lowest BCUT2D eigenvalue weighted by molar-refractivity contribution is -0.164. The second-order valence-corrected chi connectivity index (χ2v) is 18.0. The van der Waals surface area contributed by atoms with E-state index in [0.717, 1.165) is 10.6 Å². The number of nitrogens with zero attached hydrogens (tertiary/aromatic N) is 3. The predicted molar refractivity (Wildman–Crippen MR) is 220 cm³/mol. The fourth-order valence-electron chi connectivity index (χ4n) is 6.60. The zero-order valence-electron chi connectivity index (χ0n) is 35.5. The highest BCUT2D eigenvalue weighted by Gasteiger charge is 2.38. The molecule has 56 heavy (non-hydrogen) atoms. The van der Waals surface area contributed by atoms with Crippen LogP contribution in [-0.4, -0.2) is 119 Å². The number of aliphatic hydroxyl groups excluding tert-OH is 1. The molecule has 0 saturated heterocycles. The first-order valence-electron chi connectivity index (χ1n) is 19.6. The molecule has 1 aromatic rings. The van der Waals surface area contributed by atoms with E-state index in [2.05, 4.69) is 10.6 Å². The summed E-state index contributed by atoms with van der Waals surface area (Å²) < 4.78 is 11.4. The molecule has 13 nitrogen and oxygen atoms in total. The van der Waals surface area contributed by atoms with Gasteiger partial charge >= 0.3 is 5.97 Å². The number of ether oxygens (including phenoxy) is 2. The summed E-state index contributed by atoms with van der Waals surface area (Å²) in [5.74, 6) is -1.97. The largest absolute Gasteiger partial charge is 0.497 e. The Morgan fingerprint density at radius 1 is 0.946 bits per heavy atom. The van der Waals surface area contributed by atoms with Crippen LogP contribution in [0.2, 0.25) is 0 Å². The molecule has 0 radical (unpaired) electrons. The van der Waals surface area contributed by atoms with Crippen LogP contribution in [0.1, 0.15) is 87.6 Å². The lowest BCUT2D eigenvalue weighted by Gasteiger charge is -2.36. The summed E-state index contributed by atoms with van der Waals surface area (Å²) in [6, 6.07) is 2.81. The van der Waals surface area contributed by atoms with Crippen LogP contribution < -0.4 is 15.4 Å². The molecule has 2 aliphatic rings. The monoisotopic (exact) mass is 799 g/mol. The highest BCUT2D eigenvalue weighted by atomic mass is 32.2. The maximum Gasteiger partial charge on any atom is 0.328 e. The van der Waals surface area contributed by atoms with Crippen molar-refractivity contribution >= 4 is 46.4 Å². The summed E-state index contributed by atoms with van der Waals surface area (Å²) in [4.78, 5) is 76.6. The molecule has 14 heteroatoms. The molecule has 9 atom stereocenters. The minimum absolute atomic E-state index is 0.0171. The van der Waals surface area contributed by atoms with Gasteiger partial charge < -0.3 is 35.0 Å². The molecule has 2 aliphatic heterocycles. The highest BCUT2D eigenvalue weighted by molar-refractivity contribution is 8.14. The van der Waals surface area contributed by atoms with Gasteiger partial charge in [-0.15, -0.1) is 11.8 Å². The number of hydrogen-bond donors (Lipinski definition) is 3. The molecule has 0 saturated carbocycles. The molecule has 312 valence electrons. The van der Waals surface area contributed by atoms with Gasteiger partial charge in [0, 0.05) is 37.8 Å². The minimum atomic E-state index is -1.04. The van der Waals surface area contributed by atoms with Crippen molar-refractivity contribution in [2.75, 3.05) is 27.0 Å². The van der Waals surface area contributed by atoms with Gasteiger partial charge in [-0.2, -0.15) is 0 Å². The fraction of sp³-hybridized carbons (Fsp3) is 0.667. The minimum Gasteiger partial charge on any atom is -0.497 e. The van der Waals surface area contributed by atoms with Gasteiger partial charge in [0.15, 0.2) is 0 Å². The molecule has 1 aromatic carbocycles.